The van der Waals surface area contributed by atoms with Crippen LogP contribution in [0.15, 0.2) is 64.8 Å². The van der Waals surface area contributed by atoms with Crippen LogP contribution in [0, 0.1) is 5.82 Å². The predicted octanol–water partition coefficient (Wildman–Crippen LogP) is 1.73. The summed E-state index contributed by atoms with van der Waals surface area (Å²) in [5, 5.41) is 3.82. The molecule has 0 aliphatic heterocycles. The van der Waals surface area contributed by atoms with Crippen molar-refractivity contribution in [2.24, 2.45) is 5.10 Å². The number of hydrogen-bond donors (Lipinski definition) is 2. The Labute approximate surface area is 141 Å². The number of hydrazone groups is 1. The van der Waals surface area contributed by atoms with E-state index in [0.29, 0.717) is 5.56 Å². The Kier molecular flexibility index (Phi) is 4.70. The van der Waals surface area contributed by atoms with Crippen LogP contribution in [0.3, 0.4) is 0 Å². The molecule has 0 atom stereocenters. The number of nitrogens with one attached hydrogen (secondary N) is 2. The molecule has 0 unspecified atom stereocenters. The van der Waals surface area contributed by atoms with Gasteiger partial charge in [0.25, 0.3) is 5.91 Å². The van der Waals surface area contributed by atoms with E-state index < -0.39 is 17.4 Å². The van der Waals surface area contributed by atoms with E-state index >= 15 is 0 Å². The van der Waals surface area contributed by atoms with Crippen LogP contribution in [0.4, 0.5) is 4.39 Å². The van der Waals surface area contributed by atoms with Gasteiger partial charge in [0.15, 0.2) is 0 Å². The van der Waals surface area contributed by atoms with Gasteiger partial charge in [0.1, 0.15) is 11.5 Å². The number of halogens is 1. The molecule has 2 aromatic heterocycles. The van der Waals surface area contributed by atoms with Gasteiger partial charge in [-0.05, 0) is 48.0 Å². The Morgan fingerprint density at radius 1 is 1.16 bits per heavy atom. The third kappa shape index (κ3) is 4.20. The van der Waals surface area contributed by atoms with Crippen molar-refractivity contribution in [1.82, 2.24) is 20.4 Å². The third-order valence-electron chi connectivity index (χ3n) is 3.22. The number of aromatic nitrogens is 3. The minimum Gasteiger partial charge on any atom is -0.301 e. The van der Waals surface area contributed by atoms with Crippen LogP contribution in [-0.4, -0.2) is 27.1 Å². The van der Waals surface area contributed by atoms with Crippen molar-refractivity contribution < 1.29 is 9.18 Å². The van der Waals surface area contributed by atoms with E-state index in [9.17, 15) is 14.0 Å². The lowest BCUT2D eigenvalue weighted by Gasteiger charge is -2.03. The highest BCUT2D eigenvalue weighted by Crippen LogP contribution is 2.16. The van der Waals surface area contributed by atoms with Gasteiger partial charge in [0, 0.05) is 18.0 Å². The summed E-state index contributed by atoms with van der Waals surface area (Å²) in [6, 6.07) is 10.3. The quantitative estimate of drug-likeness (QED) is 0.559. The van der Waals surface area contributed by atoms with Gasteiger partial charge in [0.05, 0.1) is 11.9 Å². The van der Waals surface area contributed by atoms with E-state index in [4.69, 9.17) is 0 Å². The summed E-state index contributed by atoms with van der Waals surface area (Å²) in [5.74, 6) is -1.01. The van der Waals surface area contributed by atoms with Gasteiger partial charge in [-0.15, -0.1) is 0 Å². The molecule has 0 saturated carbocycles. The molecule has 0 aliphatic rings. The first-order valence-electron chi connectivity index (χ1n) is 7.22. The van der Waals surface area contributed by atoms with E-state index in [1.165, 1.54) is 36.5 Å². The summed E-state index contributed by atoms with van der Waals surface area (Å²) in [4.78, 5) is 33.8. The number of amides is 1. The molecule has 1 aromatic carbocycles. The second-order valence-corrected chi connectivity index (χ2v) is 4.97. The fraction of sp³-hybridized carbons (Fsp3) is 0. The zero-order valence-electron chi connectivity index (χ0n) is 12.8. The third-order valence-corrected chi connectivity index (χ3v) is 3.22. The fourth-order valence-electron chi connectivity index (χ4n) is 2.02. The van der Waals surface area contributed by atoms with Gasteiger partial charge in [-0.25, -0.2) is 14.6 Å². The molecular weight excluding hydrogens is 325 g/mol. The first-order chi connectivity index (χ1) is 12.1. The van der Waals surface area contributed by atoms with Gasteiger partial charge < -0.3 is 4.98 Å². The van der Waals surface area contributed by atoms with Crippen molar-refractivity contribution in [3.05, 3.63) is 82.4 Å². The normalized spacial score (nSPS) is 10.8. The van der Waals surface area contributed by atoms with Crippen LogP contribution in [0.25, 0.3) is 11.3 Å². The van der Waals surface area contributed by atoms with Gasteiger partial charge in [-0.1, -0.05) is 0 Å². The highest BCUT2D eigenvalue weighted by atomic mass is 19.1. The number of carbonyl (C=O) groups excluding carboxylic acids is 1. The Hall–Kier alpha value is -3.68. The molecule has 3 rings (SSSR count). The van der Waals surface area contributed by atoms with Gasteiger partial charge in [0.2, 0.25) is 0 Å². The number of carbonyl (C=O) groups is 1. The summed E-state index contributed by atoms with van der Waals surface area (Å²) in [6.07, 6.45) is 4.64. The van der Waals surface area contributed by atoms with Crippen LogP contribution < -0.4 is 11.1 Å². The Bertz CT molecular complexity index is 968. The number of hydrogen-bond acceptors (Lipinski definition) is 5. The van der Waals surface area contributed by atoms with Crippen molar-refractivity contribution >= 4 is 12.1 Å². The van der Waals surface area contributed by atoms with E-state index in [0.717, 1.165) is 5.56 Å². The molecule has 0 bridgehead atoms. The minimum atomic E-state index is -0.690. The summed E-state index contributed by atoms with van der Waals surface area (Å²) >= 11 is 0. The molecule has 25 heavy (non-hydrogen) atoms. The second-order valence-electron chi connectivity index (χ2n) is 4.97. The van der Waals surface area contributed by atoms with Crippen LogP contribution in [0.2, 0.25) is 0 Å². The minimum absolute atomic E-state index is 0.00815. The molecule has 0 radical (unpaired) electrons. The maximum absolute atomic E-state index is 13.0. The number of aromatic amines is 1. The lowest BCUT2D eigenvalue weighted by atomic mass is 10.1. The Balaban J connectivity index is 1.80. The molecule has 0 spiro atoms. The highest BCUT2D eigenvalue weighted by molar-refractivity contribution is 5.93. The molecule has 2 heterocycles. The number of benzene rings is 1. The summed E-state index contributed by atoms with van der Waals surface area (Å²) < 4.78 is 13.0. The second kappa shape index (κ2) is 7.26. The van der Waals surface area contributed by atoms with Gasteiger partial charge in [-0.3, -0.25) is 9.78 Å². The molecule has 124 valence electrons. The maximum Gasteiger partial charge on any atom is 0.346 e. The van der Waals surface area contributed by atoms with Crippen molar-refractivity contribution in [3.63, 3.8) is 0 Å². The summed E-state index contributed by atoms with van der Waals surface area (Å²) in [5.41, 5.74) is 3.14. The topological polar surface area (TPSA) is 100 Å². The lowest BCUT2D eigenvalue weighted by molar-refractivity contribution is 0.0949. The number of rotatable bonds is 4. The molecular formula is C17H12FN5O2. The first kappa shape index (κ1) is 16.2. The van der Waals surface area contributed by atoms with Gasteiger partial charge in [-0.2, -0.15) is 10.1 Å². The molecule has 0 saturated heterocycles. The molecule has 2 N–H and O–H groups in total. The molecule has 8 heteroatoms. The van der Waals surface area contributed by atoms with Crippen molar-refractivity contribution in [2.45, 2.75) is 0 Å². The van der Waals surface area contributed by atoms with Gasteiger partial charge >= 0.3 is 5.69 Å². The van der Waals surface area contributed by atoms with Crippen LogP contribution >= 0.6 is 0 Å². The molecule has 7 nitrogen and oxygen atoms in total. The number of H-pyrrole nitrogens is 1. The van der Waals surface area contributed by atoms with Crippen LogP contribution in [-0.2, 0) is 0 Å². The Morgan fingerprint density at radius 2 is 1.88 bits per heavy atom. The van der Waals surface area contributed by atoms with Crippen molar-refractivity contribution in [2.75, 3.05) is 0 Å². The largest absolute Gasteiger partial charge is 0.346 e. The number of pyridine rings is 1. The number of nitrogens with zero attached hydrogens (tertiary/aromatic N) is 3. The molecule has 3 aromatic rings. The SMILES string of the molecule is O=C(N/N=C/c1ccncc1)c1cc(-c2ccc(F)cc2)nc(=O)[nH]1. The maximum atomic E-state index is 13.0. The zero-order valence-corrected chi connectivity index (χ0v) is 12.8. The first-order valence-corrected chi connectivity index (χ1v) is 7.22. The van der Waals surface area contributed by atoms with E-state index in [2.05, 4.69) is 25.5 Å². The summed E-state index contributed by atoms with van der Waals surface area (Å²) in [7, 11) is 0. The van der Waals surface area contributed by atoms with E-state index in [1.54, 1.807) is 24.5 Å². The average molecular weight is 337 g/mol. The monoisotopic (exact) mass is 337 g/mol. The molecule has 1 amide bonds. The van der Waals surface area contributed by atoms with Crippen LogP contribution in [0.5, 0.6) is 0 Å². The van der Waals surface area contributed by atoms with E-state index in [-0.39, 0.29) is 11.4 Å². The van der Waals surface area contributed by atoms with Crippen molar-refractivity contribution in [1.29, 1.82) is 0 Å². The van der Waals surface area contributed by atoms with Crippen LogP contribution in [0.1, 0.15) is 16.1 Å². The smallest absolute Gasteiger partial charge is 0.301 e. The average Bonchev–Trinajstić information content (AvgIpc) is 2.62. The standard InChI is InChI=1S/C17H12FN5O2/c18-13-3-1-12(2-4-13)14-9-15(22-17(25)21-14)16(24)23-20-10-11-5-7-19-8-6-11/h1-10H,(H,23,24)(H,21,22,25)/b20-10+. The highest BCUT2D eigenvalue weighted by Gasteiger charge is 2.10. The molecule has 0 aliphatic carbocycles. The molecule has 0 fully saturated rings. The van der Waals surface area contributed by atoms with E-state index in [1.807, 2.05) is 0 Å². The lowest BCUT2D eigenvalue weighted by Crippen LogP contribution is -2.24. The Morgan fingerprint density at radius 3 is 2.60 bits per heavy atom. The predicted molar refractivity (Wildman–Crippen MR) is 89.5 cm³/mol. The summed E-state index contributed by atoms with van der Waals surface area (Å²) in [6.45, 7) is 0. The zero-order chi connectivity index (χ0) is 17.6. The van der Waals surface area contributed by atoms with Crippen molar-refractivity contribution in [3.8, 4) is 11.3 Å². The fourth-order valence-corrected chi connectivity index (χ4v) is 2.02.